The van der Waals surface area contributed by atoms with E-state index in [-0.39, 0.29) is 22.5 Å². The minimum absolute atomic E-state index is 0.00678. The van der Waals surface area contributed by atoms with Crippen LogP contribution in [0.5, 0.6) is 0 Å². The Bertz CT molecular complexity index is 816. The van der Waals surface area contributed by atoms with Crippen LogP contribution in [0.1, 0.15) is 17.5 Å². The Balaban J connectivity index is 1.69. The zero-order valence-electron chi connectivity index (χ0n) is 13.6. The van der Waals surface area contributed by atoms with Crippen molar-refractivity contribution in [1.82, 2.24) is 14.7 Å². The first-order valence-corrected chi connectivity index (χ1v) is 8.16. The van der Waals surface area contributed by atoms with Crippen LogP contribution in [0.25, 0.3) is 0 Å². The molecule has 6 nitrogen and oxygen atoms in total. The maximum absolute atomic E-state index is 12.6. The van der Waals surface area contributed by atoms with Gasteiger partial charge in [-0.25, -0.2) is 4.68 Å². The summed E-state index contributed by atoms with van der Waals surface area (Å²) in [6.45, 7) is 3.28. The second-order valence-electron chi connectivity index (χ2n) is 6.03. The molecule has 24 heavy (non-hydrogen) atoms. The summed E-state index contributed by atoms with van der Waals surface area (Å²) in [5, 5.41) is 7.04. The van der Waals surface area contributed by atoms with Crippen LogP contribution in [0.3, 0.4) is 0 Å². The molecule has 0 bridgehead atoms. The summed E-state index contributed by atoms with van der Waals surface area (Å²) in [4.78, 5) is 26.2. The Kier molecular flexibility index (Phi) is 4.57. The van der Waals surface area contributed by atoms with Gasteiger partial charge in [-0.2, -0.15) is 5.10 Å². The summed E-state index contributed by atoms with van der Waals surface area (Å²) < 4.78 is 1.16. The number of benzene rings is 1. The third kappa shape index (κ3) is 3.28. The number of rotatable bonds is 4. The Morgan fingerprint density at radius 2 is 2.00 bits per heavy atom. The topological polar surface area (TPSA) is 67.2 Å². The summed E-state index contributed by atoms with van der Waals surface area (Å²) in [6, 6.07) is 7.76. The fraction of sp³-hybridized carbons (Fsp3) is 0.353. The lowest BCUT2D eigenvalue weighted by Crippen LogP contribution is -2.34. The molecule has 1 unspecified atom stereocenters. The Morgan fingerprint density at radius 1 is 1.29 bits per heavy atom. The maximum Gasteiger partial charge on any atom is 0.287 e. The van der Waals surface area contributed by atoms with E-state index in [0.717, 1.165) is 10.2 Å². The largest absolute Gasteiger partial charge is 0.371 e. The first-order chi connectivity index (χ1) is 11.5. The van der Waals surface area contributed by atoms with Gasteiger partial charge in [-0.1, -0.05) is 41.4 Å². The van der Waals surface area contributed by atoms with Crippen molar-refractivity contribution < 1.29 is 4.79 Å². The van der Waals surface area contributed by atoms with Crippen molar-refractivity contribution in [2.45, 2.75) is 25.9 Å². The molecular weight excluding hydrogens is 328 g/mol. The molecule has 0 radical (unpaired) electrons. The number of amides is 1. The molecule has 1 aliphatic rings. The summed E-state index contributed by atoms with van der Waals surface area (Å²) in [6.07, 6.45) is 2.13. The molecule has 1 saturated heterocycles. The average molecular weight is 347 g/mol. The van der Waals surface area contributed by atoms with E-state index in [1.54, 1.807) is 0 Å². The number of halogens is 1. The fourth-order valence-electron chi connectivity index (χ4n) is 2.74. The molecule has 2 heterocycles. The van der Waals surface area contributed by atoms with Crippen molar-refractivity contribution >= 4 is 23.2 Å². The number of aromatic nitrogens is 2. The highest BCUT2D eigenvalue weighted by atomic mass is 35.5. The van der Waals surface area contributed by atoms with Crippen LogP contribution in [-0.4, -0.2) is 33.2 Å². The third-order valence-corrected chi connectivity index (χ3v) is 4.56. The van der Waals surface area contributed by atoms with Gasteiger partial charge >= 0.3 is 0 Å². The molecule has 0 aliphatic carbocycles. The molecule has 2 aromatic rings. The molecule has 1 aromatic carbocycles. The van der Waals surface area contributed by atoms with Crippen molar-refractivity contribution in [3.63, 3.8) is 0 Å². The van der Waals surface area contributed by atoms with E-state index in [2.05, 4.69) is 10.4 Å². The number of likely N-dealkylation sites (tertiary alicyclic amines) is 1. The molecular formula is C17H19ClN4O2. The summed E-state index contributed by atoms with van der Waals surface area (Å²) in [5.74, 6) is 0.00678. The molecule has 1 amide bonds. The third-order valence-electron chi connectivity index (χ3n) is 4.20. The molecule has 0 saturated carbocycles. The van der Waals surface area contributed by atoms with E-state index in [1.165, 1.54) is 18.8 Å². The second-order valence-corrected chi connectivity index (χ2v) is 6.41. The van der Waals surface area contributed by atoms with Crippen LogP contribution in [0.4, 0.5) is 5.69 Å². The monoisotopic (exact) mass is 346 g/mol. The highest BCUT2D eigenvalue weighted by molar-refractivity contribution is 6.33. The minimum atomic E-state index is -0.387. The highest BCUT2D eigenvalue weighted by Crippen LogP contribution is 2.22. The van der Waals surface area contributed by atoms with E-state index in [0.29, 0.717) is 25.2 Å². The molecule has 1 aromatic heterocycles. The van der Waals surface area contributed by atoms with Crippen molar-refractivity contribution in [1.29, 1.82) is 0 Å². The van der Waals surface area contributed by atoms with E-state index in [1.807, 2.05) is 36.1 Å². The van der Waals surface area contributed by atoms with Gasteiger partial charge in [0.05, 0.1) is 11.9 Å². The SMILES string of the molecule is Cc1ccc(CN2CCC(Nc3cnn(C)c(=O)c3Cl)C2=O)cc1. The molecule has 1 N–H and O–H groups in total. The van der Waals surface area contributed by atoms with E-state index >= 15 is 0 Å². The van der Waals surface area contributed by atoms with Crippen molar-refractivity contribution in [2.75, 3.05) is 11.9 Å². The van der Waals surface area contributed by atoms with Gasteiger partial charge in [-0.05, 0) is 18.9 Å². The second kappa shape index (κ2) is 6.65. The number of hydrogen-bond acceptors (Lipinski definition) is 4. The number of carbonyl (C=O) groups excluding carboxylic acids is 1. The van der Waals surface area contributed by atoms with Crippen LogP contribution >= 0.6 is 11.6 Å². The number of hydrogen-bond donors (Lipinski definition) is 1. The van der Waals surface area contributed by atoms with Crippen molar-refractivity contribution in [2.24, 2.45) is 7.05 Å². The first kappa shape index (κ1) is 16.5. The normalized spacial score (nSPS) is 17.4. The van der Waals surface area contributed by atoms with Gasteiger partial charge in [0.25, 0.3) is 5.56 Å². The molecule has 1 aliphatic heterocycles. The lowest BCUT2D eigenvalue weighted by atomic mass is 10.1. The minimum Gasteiger partial charge on any atom is -0.371 e. The smallest absolute Gasteiger partial charge is 0.287 e. The van der Waals surface area contributed by atoms with Gasteiger partial charge in [-0.15, -0.1) is 0 Å². The van der Waals surface area contributed by atoms with Gasteiger partial charge in [0.15, 0.2) is 0 Å². The molecule has 3 rings (SSSR count). The van der Waals surface area contributed by atoms with Crippen LogP contribution < -0.4 is 10.9 Å². The van der Waals surface area contributed by atoms with Crippen LogP contribution in [-0.2, 0) is 18.4 Å². The van der Waals surface area contributed by atoms with E-state index in [4.69, 9.17) is 11.6 Å². The predicted octanol–water partition coefficient (Wildman–Crippen LogP) is 1.96. The Hall–Kier alpha value is -2.34. The number of carbonyl (C=O) groups is 1. The number of aryl methyl sites for hydroxylation is 2. The number of anilines is 1. The molecule has 1 atom stereocenters. The van der Waals surface area contributed by atoms with E-state index < -0.39 is 0 Å². The van der Waals surface area contributed by atoms with Crippen molar-refractivity contribution in [3.8, 4) is 0 Å². The van der Waals surface area contributed by atoms with Gasteiger partial charge in [0.2, 0.25) is 5.91 Å². The van der Waals surface area contributed by atoms with Crippen LogP contribution in [0, 0.1) is 6.92 Å². The van der Waals surface area contributed by atoms with Gasteiger partial charge in [-0.3, -0.25) is 9.59 Å². The molecule has 1 fully saturated rings. The van der Waals surface area contributed by atoms with Gasteiger partial charge in [0.1, 0.15) is 11.1 Å². The van der Waals surface area contributed by atoms with Crippen LogP contribution in [0.2, 0.25) is 5.02 Å². The van der Waals surface area contributed by atoms with Crippen molar-refractivity contribution in [3.05, 3.63) is 57.0 Å². The number of nitrogens with zero attached hydrogens (tertiary/aromatic N) is 3. The predicted molar refractivity (Wildman–Crippen MR) is 93.1 cm³/mol. The molecule has 7 heteroatoms. The van der Waals surface area contributed by atoms with Gasteiger partial charge < -0.3 is 10.2 Å². The van der Waals surface area contributed by atoms with Gasteiger partial charge in [0, 0.05) is 20.1 Å². The lowest BCUT2D eigenvalue weighted by Gasteiger charge is -2.18. The highest BCUT2D eigenvalue weighted by Gasteiger charge is 2.32. The average Bonchev–Trinajstić information content (AvgIpc) is 2.91. The first-order valence-electron chi connectivity index (χ1n) is 7.78. The summed E-state index contributed by atoms with van der Waals surface area (Å²) in [5.41, 5.74) is 2.31. The van der Waals surface area contributed by atoms with E-state index in [9.17, 15) is 9.59 Å². The molecule has 126 valence electrons. The quantitative estimate of drug-likeness (QED) is 0.919. The van der Waals surface area contributed by atoms with Crippen LogP contribution in [0.15, 0.2) is 35.3 Å². The molecule has 0 spiro atoms. The zero-order chi connectivity index (χ0) is 17.3. The summed E-state index contributed by atoms with van der Waals surface area (Å²) in [7, 11) is 1.53. The lowest BCUT2D eigenvalue weighted by molar-refractivity contribution is -0.128. The Morgan fingerprint density at radius 3 is 2.71 bits per heavy atom. The zero-order valence-corrected chi connectivity index (χ0v) is 14.4. The fourth-order valence-corrected chi connectivity index (χ4v) is 2.97. The summed E-state index contributed by atoms with van der Waals surface area (Å²) >= 11 is 6.04. The Labute approximate surface area is 145 Å². The standard InChI is InChI=1S/C17H19ClN4O2/c1-11-3-5-12(6-4-11)10-22-8-7-13(16(22)23)20-14-9-19-21(2)17(24)15(14)18/h3-6,9,13,20H,7-8,10H2,1-2H3. The maximum atomic E-state index is 12.6. The number of nitrogens with one attached hydrogen (secondary N) is 1.